The van der Waals surface area contributed by atoms with Gasteiger partial charge in [0.05, 0.1) is 24.0 Å². The molecular formula is C24H29N3O2. The SMILES string of the molecule is CCC1=CC2=C(C=C(C(C)(C#N)CC3C=C(OCCC#N)C=CC3)CC2)NC1O. The molecular weight excluding hydrogens is 362 g/mol. The van der Waals surface area contributed by atoms with Crippen molar-refractivity contribution in [3.63, 3.8) is 0 Å². The van der Waals surface area contributed by atoms with Crippen molar-refractivity contribution in [2.75, 3.05) is 6.61 Å². The summed E-state index contributed by atoms with van der Waals surface area (Å²) < 4.78 is 5.65. The number of hydrogen-bond donors (Lipinski definition) is 2. The highest BCUT2D eigenvalue weighted by atomic mass is 16.5. The second-order valence-corrected chi connectivity index (χ2v) is 8.10. The molecule has 0 amide bonds. The van der Waals surface area contributed by atoms with Gasteiger partial charge in [0, 0.05) is 5.70 Å². The average Bonchev–Trinajstić information content (AvgIpc) is 2.73. The third-order valence-electron chi connectivity index (χ3n) is 5.97. The maximum Gasteiger partial charge on any atom is 0.147 e. The Morgan fingerprint density at radius 1 is 1.31 bits per heavy atom. The van der Waals surface area contributed by atoms with E-state index in [0.29, 0.717) is 19.4 Å². The molecule has 3 aliphatic rings. The van der Waals surface area contributed by atoms with Gasteiger partial charge < -0.3 is 15.2 Å². The van der Waals surface area contributed by atoms with Gasteiger partial charge in [-0.25, -0.2) is 0 Å². The summed E-state index contributed by atoms with van der Waals surface area (Å²) in [6.07, 6.45) is 14.1. The van der Waals surface area contributed by atoms with E-state index in [4.69, 9.17) is 10.00 Å². The minimum atomic E-state index is -0.651. The van der Waals surface area contributed by atoms with Crippen molar-refractivity contribution in [1.29, 1.82) is 10.5 Å². The molecule has 3 rings (SSSR count). The van der Waals surface area contributed by atoms with Crippen LogP contribution in [-0.2, 0) is 4.74 Å². The zero-order chi connectivity index (χ0) is 20.9. The smallest absolute Gasteiger partial charge is 0.147 e. The molecule has 0 saturated heterocycles. The largest absolute Gasteiger partial charge is 0.493 e. The number of nitrogens with one attached hydrogen (secondary N) is 1. The number of ether oxygens (including phenoxy) is 1. The fourth-order valence-corrected chi connectivity index (χ4v) is 4.24. The van der Waals surface area contributed by atoms with Crippen LogP contribution in [-0.4, -0.2) is 17.9 Å². The Bertz CT molecular complexity index is 879. The second-order valence-electron chi connectivity index (χ2n) is 8.10. The molecule has 5 nitrogen and oxygen atoms in total. The predicted octanol–water partition coefficient (Wildman–Crippen LogP) is 4.53. The number of aliphatic hydroxyl groups excluding tert-OH is 1. The molecule has 3 atom stereocenters. The molecule has 0 aromatic rings. The maximum atomic E-state index is 10.3. The van der Waals surface area contributed by atoms with Gasteiger partial charge in [0.2, 0.25) is 0 Å². The van der Waals surface area contributed by atoms with Gasteiger partial charge in [-0.05, 0) is 79.9 Å². The molecule has 0 spiro atoms. The summed E-state index contributed by atoms with van der Waals surface area (Å²) in [6.45, 7) is 4.45. The standard InChI is InChI=1S/C24H29N3O2/c1-3-18-13-19-8-9-20(14-22(19)27-23(18)28)24(2,16-26)15-17-6-4-7-21(12-17)29-11-5-10-25/h4,7,12-14,17,23,27-28H,3,5-6,8-9,11,15H2,1-2H3. The summed E-state index contributed by atoms with van der Waals surface area (Å²) in [7, 11) is 0. The highest BCUT2D eigenvalue weighted by Gasteiger charge is 2.34. The van der Waals surface area contributed by atoms with E-state index in [0.717, 1.165) is 48.3 Å². The van der Waals surface area contributed by atoms with E-state index in [1.165, 1.54) is 5.57 Å². The van der Waals surface area contributed by atoms with Crippen LogP contribution < -0.4 is 5.32 Å². The van der Waals surface area contributed by atoms with Gasteiger partial charge in [-0.3, -0.25) is 0 Å². The van der Waals surface area contributed by atoms with Crippen LogP contribution in [0.1, 0.15) is 52.4 Å². The van der Waals surface area contributed by atoms with Crippen LogP contribution in [0.4, 0.5) is 0 Å². The molecule has 1 heterocycles. The number of allylic oxidation sites excluding steroid dienone is 7. The van der Waals surface area contributed by atoms with E-state index in [-0.39, 0.29) is 5.92 Å². The summed E-state index contributed by atoms with van der Waals surface area (Å²) in [6, 6.07) is 4.64. The molecule has 2 aliphatic carbocycles. The van der Waals surface area contributed by atoms with Crippen LogP contribution in [0.5, 0.6) is 0 Å². The number of hydrogen-bond acceptors (Lipinski definition) is 5. The molecule has 0 aromatic carbocycles. The fraction of sp³-hybridized carbons (Fsp3) is 0.500. The van der Waals surface area contributed by atoms with E-state index in [2.05, 4.69) is 41.8 Å². The Morgan fingerprint density at radius 3 is 2.86 bits per heavy atom. The molecule has 29 heavy (non-hydrogen) atoms. The Balaban J connectivity index is 1.76. The van der Waals surface area contributed by atoms with Crippen LogP contribution >= 0.6 is 0 Å². The predicted molar refractivity (Wildman–Crippen MR) is 112 cm³/mol. The summed E-state index contributed by atoms with van der Waals surface area (Å²) >= 11 is 0. The minimum Gasteiger partial charge on any atom is -0.493 e. The third kappa shape index (κ3) is 4.81. The number of nitriles is 2. The third-order valence-corrected chi connectivity index (χ3v) is 5.97. The first-order chi connectivity index (χ1) is 14.0. The Labute approximate surface area is 173 Å². The average molecular weight is 392 g/mol. The molecule has 0 aromatic heterocycles. The van der Waals surface area contributed by atoms with Gasteiger partial charge >= 0.3 is 0 Å². The monoisotopic (exact) mass is 391 g/mol. The Hall–Kier alpha value is -2.76. The normalized spacial score (nSPS) is 25.3. The lowest BCUT2D eigenvalue weighted by Crippen LogP contribution is -2.35. The highest BCUT2D eigenvalue weighted by Crippen LogP contribution is 2.42. The van der Waals surface area contributed by atoms with Gasteiger partial charge in [0.15, 0.2) is 0 Å². The summed E-state index contributed by atoms with van der Waals surface area (Å²) in [5.41, 5.74) is 3.69. The molecule has 5 heteroatoms. The van der Waals surface area contributed by atoms with E-state index >= 15 is 0 Å². The van der Waals surface area contributed by atoms with Crippen molar-refractivity contribution in [2.24, 2.45) is 11.3 Å². The highest BCUT2D eigenvalue weighted by molar-refractivity contribution is 5.46. The van der Waals surface area contributed by atoms with Gasteiger partial charge in [-0.2, -0.15) is 10.5 Å². The zero-order valence-corrected chi connectivity index (χ0v) is 17.2. The summed E-state index contributed by atoms with van der Waals surface area (Å²) in [5, 5.41) is 32.2. The lowest BCUT2D eigenvalue weighted by Gasteiger charge is -2.34. The van der Waals surface area contributed by atoms with Crippen molar-refractivity contribution in [3.8, 4) is 12.1 Å². The van der Waals surface area contributed by atoms with Gasteiger partial charge in [-0.15, -0.1) is 0 Å². The van der Waals surface area contributed by atoms with Crippen LogP contribution in [0.15, 0.2) is 58.6 Å². The van der Waals surface area contributed by atoms with E-state index in [1.807, 2.05) is 19.9 Å². The minimum absolute atomic E-state index is 0.217. The Morgan fingerprint density at radius 2 is 2.14 bits per heavy atom. The van der Waals surface area contributed by atoms with Crippen LogP contribution in [0, 0.1) is 34.0 Å². The first-order valence-electron chi connectivity index (χ1n) is 10.4. The van der Waals surface area contributed by atoms with Gasteiger partial charge in [0.25, 0.3) is 0 Å². The Kier molecular flexibility index (Phi) is 6.62. The quantitative estimate of drug-likeness (QED) is 0.623. The van der Waals surface area contributed by atoms with Crippen molar-refractivity contribution < 1.29 is 9.84 Å². The molecule has 0 bridgehead atoms. The van der Waals surface area contributed by atoms with E-state index in [1.54, 1.807) is 0 Å². The lowest BCUT2D eigenvalue weighted by molar-refractivity contribution is 0.180. The lowest BCUT2D eigenvalue weighted by atomic mass is 9.71. The van der Waals surface area contributed by atoms with Crippen LogP contribution in [0.2, 0.25) is 0 Å². The summed E-state index contributed by atoms with van der Waals surface area (Å²) in [4.78, 5) is 0. The second kappa shape index (κ2) is 9.16. The molecule has 2 N–H and O–H groups in total. The van der Waals surface area contributed by atoms with Crippen molar-refractivity contribution in [3.05, 3.63) is 58.6 Å². The molecule has 0 saturated carbocycles. The fourth-order valence-electron chi connectivity index (χ4n) is 4.24. The zero-order valence-electron chi connectivity index (χ0n) is 17.2. The van der Waals surface area contributed by atoms with Crippen LogP contribution in [0.25, 0.3) is 0 Å². The van der Waals surface area contributed by atoms with Crippen LogP contribution in [0.3, 0.4) is 0 Å². The first kappa shape index (κ1) is 21.0. The summed E-state index contributed by atoms with van der Waals surface area (Å²) in [5.74, 6) is 1.00. The molecule has 0 fully saturated rings. The van der Waals surface area contributed by atoms with Crippen molar-refractivity contribution >= 4 is 0 Å². The number of dihydropyridines is 1. The molecule has 3 unspecified atom stereocenters. The van der Waals surface area contributed by atoms with Crippen molar-refractivity contribution in [2.45, 2.75) is 58.6 Å². The number of nitrogens with zero attached hydrogens (tertiary/aromatic N) is 2. The molecule has 1 aliphatic heterocycles. The van der Waals surface area contributed by atoms with Gasteiger partial charge in [-0.1, -0.05) is 19.1 Å². The number of rotatable bonds is 7. The van der Waals surface area contributed by atoms with E-state index in [9.17, 15) is 10.4 Å². The number of aliphatic hydroxyl groups is 1. The first-order valence-corrected chi connectivity index (χ1v) is 10.4. The van der Waals surface area contributed by atoms with Gasteiger partial charge in [0.1, 0.15) is 18.6 Å². The molecule has 152 valence electrons. The topological polar surface area (TPSA) is 89.1 Å². The maximum absolute atomic E-state index is 10.3. The molecule has 0 radical (unpaired) electrons. The van der Waals surface area contributed by atoms with Crippen molar-refractivity contribution in [1.82, 2.24) is 5.32 Å². The van der Waals surface area contributed by atoms with E-state index < -0.39 is 11.6 Å².